The van der Waals surface area contributed by atoms with Gasteiger partial charge in [-0.1, -0.05) is 48.0 Å². The van der Waals surface area contributed by atoms with E-state index in [1.807, 2.05) is 0 Å². The van der Waals surface area contributed by atoms with Crippen molar-refractivity contribution in [2.45, 2.75) is 13.1 Å². The molecule has 0 aromatic heterocycles. The monoisotopic (exact) mass is 339 g/mol. The predicted molar refractivity (Wildman–Crippen MR) is 84.7 cm³/mol. The summed E-state index contributed by atoms with van der Waals surface area (Å²) >= 11 is 5.81. The number of carbonyl (C=O) groups excluding carboxylic acids is 1. The highest BCUT2D eigenvalue weighted by molar-refractivity contribution is 6.30. The Hall–Kier alpha value is -2.27. The molecule has 6 heteroatoms. The van der Waals surface area contributed by atoms with Crippen LogP contribution in [-0.2, 0) is 0 Å². The Balaban J connectivity index is 2.36. The van der Waals surface area contributed by atoms with Crippen molar-refractivity contribution < 1.29 is 18.0 Å². The van der Waals surface area contributed by atoms with E-state index in [2.05, 4.69) is 5.32 Å². The van der Waals surface area contributed by atoms with Gasteiger partial charge in [0.25, 0.3) is 0 Å². The maximum atomic E-state index is 13.2. The summed E-state index contributed by atoms with van der Waals surface area (Å²) in [6, 6.07) is 12.3. The van der Waals surface area contributed by atoms with Crippen LogP contribution in [0.15, 0.2) is 60.3 Å². The molecule has 0 aliphatic heterocycles. The first-order valence-electron chi connectivity index (χ1n) is 6.69. The van der Waals surface area contributed by atoms with Crippen molar-refractivity contribution in [2.75, 3.05) is 5.32 Å². The first-order chi connectivity index (χ1) is 10.8. The van der Waals surface area contributed by atoms with E-state index in [0.717, 1.165) is 0 Å². The highest BCUT2D eigenvalue weighted by Gasteiger charge is 2.35. The molecule has 0 radical (unpaired) electrons. The molecule has 2 rings (SSSR count). The Morgan fingerprint density at radius 3 is 2.39 bits per heavy atom. The van der Waals surface area contributed by atoms with E-state index in [4.69, 9.17) is 11.6 Å². The molecule has 23 heavy (non-hydrogen) atoms. The number of alkyl halides is 3. The second kappa shape index (κ2) is 6.87. The summed E-state index contributed by atoms with van der Waals surface area (Å²) in [5, 5.41) is 2.56. The zero-order chi connectivity index (χ0) is 17.0. The van der Waals surface area contributed by atoms with Gasteiger partial charge in [-0.05, 0) is 24.6 Å². The van der Waals surface area contributed by atoms with E-state index in [-0.39, 0.29) is 11.3 Å². The summed E-state index contributed by atoms with van der Waals surface area (Å²) in [6.07, 6.45) is -4.14. The van der Waals surface area contributed by atoms with E-state index in [0.29, 0.717) is 16.7 Å². The fourth-order valence-corrected chi connectivity index (χ4v) is 2.05. The maximum absolute atomic E-state index is 13.2. The Kier molecular flexibility index (Phi) is 5.11. The van der Waals surface area contributed by atoms with E-state index >= 15 is 0 Å². The molecule has 2 aromatic rings. The predicted octanol–water partition coefficient (Wildman–Crippen LogP) is 5.39. The van der Waals surface area contributed by atoms with Gasteiger partial charge in [0.2, 0.25) is 0 Å². The Labute approximate surface area is 136 Å². The molecule has 0 bridgehead atoms. The third-order valence-electron chi connectivity index (χ3n) is 3.11. The van der Waals surface area contributed by atoms with Gasteiger partial charge in [0.05, 0.1) is 0 Å². The van der Waals surface area contributed by atoms with Crippen LogP contribution in [0.1, 0.15) is 15.9 Å². The van der Waals surface area contributed by atoms with Crippen LogP contribution < -0.4 is 5.32 Å². The third-order valence-corrected chi connectivity index (χ3v) is 3.34. The second-order valence-corrected chi connectivity index (χ2v) is 5.31. The molecule has 0 aliphatic carbocycles. The van der Waals surface area contributed by atoms with Crippen molar-refractivity contribution >= 4 is 23.1 Å². The number of rotatable bonds is 4. The lowest BCUT2D eigenvalue weighted by Gasteiger charge is -2.16. The zero-order valence-corrected chi connectivity index (χ0v) is 12.9. The van der Waals surface area contributed by atoms with Gasteiger partial charge in [-0.3, -0.25) is 4.79 Å². The molecule has 0 fully saturated rings. The number of aryl methyl sites for hydroxylation is 1. The summed E-state index contributed by atoms with van der Waals surface area (Å²) in [5.41, 5.74) is -0.186. The summed E-state index contributed by atoms with van der Waals surface area (Å²) in [4.78, 5) is 12.0. The van der Waals surface area contributed by atoms with Gasteiger partial charge in [-0.15, -0.1) is 0 Å². The number of allylic oxidation sites excluding steroid dienone is 2. The zero-order valence-electron chi connectivity index (χ0n) is 12.1. The first-order valence-corrected chi connectivity index (χ1v) is 7.06. The molecule has 2 nitrogen and oxygen atoms in total. The van der Waals surface area contributed by atoms with Crippen molar-refractivity contribution in [3.8, 4) is 0 Å². The second-order valence-electron chi connectivity index (χ2n) is 4.87. The molecule has 0 atom stereocenters. The van der Waals surface area contributed by atoms with Gasteiger partial charge < -0.3 is 5.32 Å². The molecule has 1 N–H and O–H groups in total. The lowest BCUT2D eigenvalue weighted by atomic mass is 10.1. The number of hydrogen-bond acceptors (Lipinski definition) is 2. The van der Waals surface area contributed by atoms with E-state index in [1.54, 1.807) is 37.3 Å². The van der Waals surface area contributed by atoms with Crippen molar-refractivity contribution in [1.29, 1.82) is 0 Å². The number of ketones is 1. The van der Waals surface area contributed by atoms with Crippen molar-refractivity contribution in [3.63, 3.8) is 0 Å². The minimum absolute atomic E-state index is 0.180. The highest BCUT2D eigenvalue weighted by atomic mass is 35.5. The highest BCUT2D eigenvalue weighted by Crippen LogP contribution is 2.30. The Morgan fingerprint density at radius 1 is 1.13 bits per heavy atom. The largest absolute Gasteiger partial charge is 0.431 e. The fraction of sp³-hybridized carbons (Fsp3) is 0.118. The molecule has 0 amide bonds. The third kappa shape index (κ3) is 4.60. The quantitative estimate of drug-likeness (QED) is 0.597. The maximum Gasteiger partial charge on any atom is 0.431 e. The van der Waals surface area contributed by atoms with Crippen LogP contribution in [0, 0.1) is 6.92 Å². The summed E-state index contributed by atoms with van der Waals surface area (Å²) in [6.45, 7) is 1.64. The van der Waals surface area contributed by atoms with Crippen LogP contribution in [0.5, 0.6) is 0 Å². The molecular formula is C17H13ClF3NO. The summed E-state index contributed by atoms with van der Waals surface area (Å²) in [7, 11) is 0. The summed E-state index contributed by atoms with van der Waals surface area (Å²) in [5.74, 6) is -0.731. The molecule has 0 spiro atoms. The molecular weight excluding hydrogens is 327 g/mol. The first kappa shape index (κ1) is 17.1. The average molecular weight is 340 g/mol. The number of hydrogen-bond donors (Lipinski definition) is 1. The van der Waals surface area contributed by atoms with Gasteiger partial charge in [0.1, 0.15) is 5.70 Å². The van der Waals surface area contributed by atoms with Crippen molar-refractivity contribution in [1.82, 2.24) is 0 Å². The minimum Gasteiger partial charge on any atom is -0.351 e. The molecule has 0 heterocycles. The molecule has 0 saturated carbocycles. The summed E-state index contributed by atoms with van der Waals surface area (Å²) < 4.78 is 39.6. The van der Waals surface area contributed by atoms with Gasteiger partial charge in [0.15, 0.2) is 5.78 Å². The normalized spacial score (nSPS) is 12.1. The van der Waals surface area contributed by atoms with Gasteiger partial charge >= 0.3 is 6.18 Å². The van der Waals surface area contributed by atoms with Gasteiger partial charge in [0, 0.05) is 22.3 Å². The topological polar surface area (TPSA) is 29.1 Å². The van der Waals surface area contributed by atoms with E-state index in [1.165, 1.54) is 18.2 Å². The van der Waals surface area contributed by atoms with Crippen LogP contribution in [-0.4, -0.2) is 12.0 Å². The van der Waals surface area contributed by atoms with Crippen LogP contribution in [0.2, 0.25) is 5.02 Å². The molecule has 2 aromatic carbocycles. The smallest absolute Gasteiger partial charge is 0.351 e. The lowest BCUT2D eigenvalue weighted by Crippen LogP contribution is -2.21. The number of nitrogens with one attached hydrogen (secondary N) is 1. The molecule has 0 aliphatic rings. The van der Waals surface area contributed by atoms with Crippen molar-refractivity contribution in [2.24, 2.45) is 0 Å². The minimum atomic E-state index is -4.70. The molecule has 0 saturated heterocycles. The van der Waals surface area contributed by atoms with Gasteiger partial charge in [-0.2, -0.15) is 13.2 Å². The Morgan fingerprint density at radius 2 is 1.78 bits per heavy atom. The number of halogens is 4. The fourth-order valence-electron chi connectivity index (χ4n) is 1.88. The van der Waals surface area contributed by atoms with E-state index < -0.39 is 17.7 Å². The SMILES string of the molecule is Cc1ccc(Cl)cc1N/C(=C/C(=O)c1ccccc1)C(F)(F)F. The standard InChI is InChI=1S/C17H13ClF3NO/c1-11-7-8-13(18)9-14(11)22-16(17(19,20)21)10-15(23)12-5-3-2-4-6-12/h2-10,22H,1H3/b16-10+. The average Bonchev–Trinajstić information content (AvgIpc) is 2.50. The van der Waals surface area contributed by atoms with Crippen LogP contribution in [0.4, 0.5) is 18.9 Å². The van der Waals surface area contributed by atoms with Gasteiger partial charge in [-0.25, -0.2) is 0 Å². The number of carbonyl (C=O) groups is 1. The number of anilines is 1. The van der Waals surface area contributed by atoms with Crippen molar-refractivity contribution in [3.05, 3.63) is 76.5 Å². The molecule has 0 unspecified atom stereocenters. The van der Waals surface area contributed by atoms with E-state index in [9.17, 15) is 18.0 Å². The Bertz CT molecular complexity index is 739. The van der Waals surface area contributed by atoms with Crippen LogP contribution >= 0.6 is 11.6 Å². The number of benzene rings is 2. The molecule has 120 valence electrons. The van der Waals surface area contributed by atoms with Crippen LogP contribution in [0.3, 0.4) is 0 Å². The lowest BCUT2D eigenvalue weighted by molar-refractivity contribution is -0.0903. The van der Waals surface area contributed by atoms with Crippen LogP contribution in [0.25, 0.3) is 0 Å².